The van der Waals surface area contributed by atoms with Crippen LogP contribution in [0.4, 0.5) is 4.79 Å². The van der Waals surface area contributed by atoms with E-state index in [2.05, 4.69) is 36.5 Å². The molecule has 3 atom stereocenters. The van der Waals surface area contributed by atoms with Crippen LogP contribution >= 0.6 is 0 Å². The van der Waals surface area contributed by atoms with Gasteiger partial charge >= 0.3 is 6.03 Å². The minimum atomic E-state index is -0.677. The van der Waals surface area contributed by atoms with Crippen molar-refractivity contribution in [3.05, 3.63) is 17.8 Å². The van der Waals surface area contributed by atoms with Gasteiger partial charge in [-0.15, -0.1) is 0 Å². The molecule has 0 radical (unpaired) electrons. The van der Waals surface area contributed by atoms with Crippen molar-refractivity contribution >= 4 is 18.1 Å². The summed E-state index contributed by atoms with van der Waals surface area (Å²) in [7, 11) is 0. The largest absolute Gasteiger partial charge is 0.477 e. The first-order valence-electron chi connectivity index (χ1n) is 12.3. The van der Waals surface area contributed by atoms with Crippen molar-refractivity contribution in [1.82, 2.24) is 20.4 Å². The fourth-order valence-electron chi connectivity index (χ4n) is 5.21. The second-order valence-corrected chi connectivity index (χ2v) is 10.9. The molecule has 1 aromatic heterocycles. The standard InChI is InChI=1S/C25H41N5O3/c1-16(2)15-33-23-21(14-27-30(23)10-9-25(4,5)29-24(26)32)22(31)28-17(3)20-12-18-7-6-8-19(11-18)13-20/h9-10,14,16-20H,6-8,11-13,15H2,1-5H3,(H,28,31)(H3,26,29,32)/b10-9+. The third-order valence-corrected chi connectivity index (χ3v) is 6.85. The molecule has 0 spiro atoms. The molecule has 0 aliphatic heterocycles. The lowest BCUT2D eigenvalue weighted by Gasteiger charge is -2.41. The number of amides is 3. The molecule has 3 amide bonds. The number of aromatic nitrogens is 2. The van der Waals surface area contributed by atoms with Gasteiger partial charge in [0.2, 0.25) is 5.88 Å². The van der Waals surface area contributed by atoms with Crippen LogP contribution in [0.2, 0.25) is 0 Å². The summed E-state index contributed by atoms with van der Waals surface area (Å²) in [4.78, 5) is 24.5. The Kier molecular flexibility index (Phi) is 8.08. The Morgan fingerprint density at radius 3 is 2.52 bits per heavy atom. The number of nitrogens with two attached hydrogens (primary N) is 1. The van der Waals surface area contributed by atoms with Crippen LogP contribution < -0.4 is 21.1 Å². The van der Waals surface area contributed by atoms with E-state index in [9.17, 15) is 9.59 Å². The smallest absolute Gasteiger partial charge is 0.312 e. The van der Waals surface area contributed by atoms with E-state index in [1.165, 1.54) is 43.2 Å². The zero-order valence-corrected chi connectivity index (χ0v) is 20.8. The van der Waals surface area contributed by atoms with E-state index in [1.54, 1.807) is 18.5 Å². The Balaban J connectivity index is 1.73. The van der Waals surface area contributed by atoms with E-state index in [0.717, 1.165) is 11.8 Å². The molecule has 8 heteroatoms. The summed E-state index contributed by atoms with van der Waals surface area (Å²) < 4.78 is 7.54. The predicted molar refractivity (Wildman–Crippen MR) is 130 cm³/mol. The molecule has 0 saturated heterocycles. The summed E-state index contributed by atoms with van der Waals surface area (Å²) in [6.45, 7) is 10.3. The van der Waals surface area contributed by atoms with Crippen LogP contribution in [-0.4, -0.2) is 39.9 Å². The van der Waals surface area contributed by atoms with Crippen molar-refractivity contribution in [1.29, 1.82) is 0 Å². The molecule has 4 N–H and O–H groups in total. The van der Waals surface area contributed by atoms with E-state index in [1.807, 2.05) is 13.8 Å². The lowest BCUT2D eigenvalue weighted by Crippen LogP contribution is -2.44. The maximum absolute atomic E-state index is 13.2. The fraction of sp³-hybridized carbons (Fsp3) is 0.720. The van der Waals surface area contributed by atoms with E-state index in [0.29, 0.717) is 29.9 Å². The average Bonchev–Trinajstić information content (AvgIpc) is 3.12. The summed E-state index contributed by atoms with van der Waals surface area (Å²) in [5.41, 5.74) is 5.00. The van der Waals surface area contributed by atoms with Gasteiger partial charge in [-0.2, -0.15) is 5.10 Å². The first kappa shape index (κ1) is 25.1. The minimum absolute atomic E-state index is 0.108. The molecule has 2 saturated carbocycles. The molecule has 1 heterocycles. The zero-order valence-electron chi connectivity index (χ0n) is 20.8. The van der Waals surface area contributed by atoms with Crippen LogP contribution in [0.25, 0.3) is 6.20 Å². The molecule has 2 aliphatic rings. The summed E-state index contributed by atoms with van der Waals surface area (Å²) in [6.07, 6.45) is 12.8. The number of nitrogens with zero attached hydrogens (tertiary/aromatic N) is 2. The molecular formula is C25H41N5O3. The van der Waals surface area contributed by atoms with Gasteiger partial charge in [0.15, 0.2) is 0 Å². The topological polar surface area (TPSA) is 111 Å². The van der Waals surface area contributed by atoms with Gasteiger partial charge in [0.1, 0.15) is 5.56 Å². The molecule has 2 bridgehead atoms. The Hall–Kier alpha value is -2.51. The highest BCUT2D eigenvalue weighted by Gasteiger charge is 2.35. The van der Waals surface area contributed by atoms with Gasteiger partial charge in [0.25, 0.3) is 5.91 Å². The fourth-order valence-corrected chi connectivity index (χ4v) is 5.21. The molecule has 2 aliphatic carbocycles. The number of fused-ring (bicyclic) bond motifs is 2. The van der Waals surface area contributed by atoms with E-state index >= 15 is 0 Å². The Morgan fingerprint density at radius 2 is 1.91 bits per heavy atom. The molecule has 33 heavy (non-hydrogen) atoms. The van der Waals surface area contributed by atoms with Crippen molar-refractivity contribution < 1.29 is 14.3 Å². The van der Waals surface area contributed by atoms with Gasteiger partial charge in [-0.25, -0.2) is 9.48 Å². The zero-order chi connectivity index (χ0) is 24.2. The van der Waals surface area contributed by atoms with Crippen LogP contribution in [0.3, 0.4) is 0 Å². The van der Waals surface area contributed by atoms with Crippen LogP contribution in [0, 0.1) is 23.7 Å². The highest BCUT2D eigenvalue weighted by Crippen LogP contribution is 2.43. The molecule has 1 aromatic rings. The van der Waals surface area contributed by atoms with Gasteiger partial charge in [-0.1, -0.05) is 33.1 Å². The number of nitrogens with one attached hydrogen (secondary N) is 2. The van der Waals surface area contributed by atoms with Crippen molar-refractivity contribution in [2.75, 3.05) is 6.61 Å². The number of hydrogen-bond donors (Lipinski definition) is 3. The minimum Gasteiger partial charge on any atom is -0.477 e. The third-order valence-electron chi connectivity index (χ3n) is 6.85. The normalized spacial score (nSPS) is 24.0. The van der Waals surface area contributed by atoms with E-state index < -0.39 is 11.6 Å². The molecule has 184 valence electrons. The molecule has 3 unspecified atom stereocenters. The summed E-state index contributed by atoms with van der Waals surface area (Å²) in [5.74, 6) is 2.69. The number of primary amides is 1. The monoisotopic (exact) mass is 459 g/mol. The molecule has 0 aromatic carbocycles. The van der Waals surface area contributed by atoms with Crippen molar-refractivity contribution in [3.8, 4) is 5.88 Å². The number of carbonyl (C=O) groups excluding carboxylic acids is 2. The highest BCUT2D eigenvalue weighted by molar-refractivity contribution is 5.96. The third kappa shape index (κ3) is 6.98. The molecule has 3 rings (SSSR count). The van der Waals surface area contributed by atoms with E-state index in [-0.39, 0.29) is 11.9 Å². The molecule has 8 nitrogen and oxygen atoms in total. The van der Waals surface area contributed by atoms with Gasteiger partial charge in [0, 0.05) is 12.2 Å². The molecule has 2 fully saturated rings. The maximum atomic E-state index is 13.2. The summed E-state index contributed by atoms with van der Waals surface area (Å²) in [5, 5.41) is 10.2. The SMILES string of the molecule is CC(C)COc1c(C(=O)NC(C)C2CC3CCCC(C3)C2)cnn1/C=C/C(C)(C)NC(N)=O. The number of ether oxygens (including phenoxy) is 1. The maximum Gasteiger partial charge on any atom is 0.312 e. The number of hydrogen-bond acceptors (Lipinski definition) is 4. The number of rotatable bonds is 9. The van der Waals surface area contributed by atoms with Gasteiger partial charge in [-0.05, 0) is 69.8 Å². The van der Waals surface area contributed by atoms with Crippen LogP contribution in [0.15, 0.2) is 12.3 Å². The quantitative estimate of drug-likeness (QED) is 0.514. The first-order chi connectivity index (χ1) is 15.5. The van der Waals surface area contributed by atoms with Crippen LogP contribution in [0.1, 0.15) is 83.5 Å². The van der Waals surface area contributed by atoms with Gasteiger partial charge in [0.05, 0.1) is 18.3 Å². The lowest BCUT2D eigenvalue weighted by atomic mass is 9.66. The second kappa shape index (κ2) is 10.6. The Morgan fingerprint density at radius 1 is 1.24 bits per heavy atom. The second-order valence-electron chi connectivity index (χ2n) is 10.9. The number of urea groups is 1. The molecular weight excluding hydrogens is 418 g/mol. The Bertz CT molecular complexity index is 848. The summed E-state index contributed by atoms with van der Waals surface area (Å²) >= 11 is 0. The van der Waals surface area contributed by atoms with Gasteiger partial charge in [-0.3, -0.25) is 4.79 Å². The van der Waals surface area contributed by atoms with Crippen molar-refractivity contribution in [3.63, 3.8) is 0 Å². The first-order valence-corrected chi connectivity index (χ1v) is 12.3. The van der Waals surface area contributed by atoms with E-state index in [4.69, 9.17) is 10.5 Å². The van der Waals surface area contributed by atoms with Crippen LogP contribution in [-0.2, 0) is 0 Å². The van der Waals surface area contributed by atoms with Crippen LogP contribution in [0.5, 0.6) is 5.88 Å². The van der Waals surface area contributed by atoms with Gasteiger partial charge < -0.3 is 21.1 Å². The van der Waals surface area contributed by atoms with Crippen molar-refractivity contribution in [2.45, 2.75) is 84.7 Å². The number of carbonyl (C=O) groups is 2. The highest BCUT2D eigenvalue weighted by atomic mass is 16.5. The average molecular weight is 460 g/mol. The summed E-state index contributed by atoms with van der Waals surface area (Å²) in [6, 6.07) is -0.501. The predicted octanol–water partition coefficient (Wildman–Crippen LogP) is 4.17. The lowest BCUT2D eigenvalue weighted by molar-refractivity contribution is 0.0849. The van der Waals surface area contributed by atoms with Crippen molar-refractivity contribution in [2.24, 2.45) is 29.4 Å². The Labute approximate surface area is 197 Å².